The van der Waals surface area contributed by atoms with Crippen molar-refractivity contribution in [2.45, 2.75) is 71.0 Å². The van der Waals surface area contributed by atoms with Gasteiger partial charge in [0.2, 0.25) is 5.91 Å². The van der Waals surface area contributed by atoms with Gasteiger partial charge < -0.3 is 15.5 Å². The van der Waals surface area contributed by atoms with Gasteiger partial charge in [0.15, 0.2) is 0 Å². The van der Waals surface area contributed by atoms with Crippen molar-refractivity contribution in [1.29, 1.82) is 0 Å². The maximum atomic E-state index is 13.5. The van der Waals surface area contributed by atoms with Gasteiger partial charge in [-0.25, -0.2) is 0 Å². The van der Waals surface area contributed by atoms with E-state index < -0.39 is 0 Å². The van der Waals surface area contributed by atoms with Gasteiger partial charge in [0.05, 0.1) is 6.04 Å². The Bertz CT molecular complexity index is 736. The highest BCUT2D eigenvalue weighted by molar-refractivity contribution is 5.85. The fraction of sp³-hybridized carbons (Fsp3) is 0.708. The Morgan fingerprint density at radius 2 is 1.70 bits per heavy atom. The van der Waals surface area contributed by atoms with Gasteiger partial charge in [-0.3, -0.25) is 4.79 Å². The molecule has 0 unspecified atom stereocenters. The lowest BCUT2D eigenvalue weighted by Crippen LogP contribution is -2.58. The standard InChI is InChI=1S/C24H37N3O.2ClH/c1-16-8-6-7-9-19(16)22-20-14-25-13-18(20)15-27(22)21(28)10-17-11-23(2,3)26-24(4,5)12-17;;/h6-9,17-18,20,22,25-26H,10-15H2,1-5H3;2*1H/t18-,20-,22-;;/m0../s1. The van der Waals surface area contributed by atoms with Crippen LogP contribution in [0.25, 0.3) is 0 Å². The minimum atomic E-state index is 0. The number of likely N-dealkylation sites (tertiary alicyclic amines) is 1. The van der Waals surface area contributed by atoms with Gasteiger partial charge in [-0.05, 0) is 70.4 Å². The molecule has 3 atom stereocenters. The number of nitrogens with zero attached hydrogens (tertiary/aromatic N) is 1. The summed E-state index contributed by atoms with van der Waals surface area (Å²) in [6.07, 6.45) is 2.82. The zero-order valence-electron chi connectivity index (χ0n) is 19.0. The molecule has 4 nitrogen and oxygen atoms in total. The van der Waals surface area contributed by atoms with Gasteiger partial charge >= 0.3 is 0 Å². The molecule has 2 N–H and O–H groups in total. The number of hydrogen-bond donors (Lipinski definition) is 2. The second-order valence-corrected chi connectivity index (χ2v) is 10.8. The summed E-state index contributed by atoms with van der Waals surface area (Å²) in [5.74, 6) is 1.96. The zero-order valence-corrected chi connectivity index (χ0v) is 20.7. The third-order valence-corrected chi connectivity index (χ3v) is 7.13. The number of rotatable bonds is 3. The first-order valence-electron chi connectivity index (χ1n) is 11.0. The summed E-state index contributed by atoms with van der Waals surface area (Å²) >= 11 is 0. The van der Waals surface area contributed by atoms with Crippen LogP contribution in [-0.2, 0) is 4.79 Å². The quantitative estimate of drug-likeness (QED) is 0.704. The molecule has 30 heavy (non-hydrogen) atoms. The molecule has 0 saturated carbocycles. The van der Waals surface area contributed by atoms with Crippen molar-refractivity contribution in [3.8, 4) is 0 Å². The Hall–Kier alpha value is -0.810. The normalized spacial score (nSPS) is 29.6. The minimum Gasteiger partial charge on any atom is -0.335 e. The molecule has 0 aromatic heterocycles. The van der Waals surface area contributed by atoms with Gasteiger partial charge in [0, 0.05) is 43.1 Å². The van der Waals surface area contributed by atoms with E-state index in [1.54, 1.807) is 0 Å². The van der Waals surface area contributed by atoms with Gasteiger partial charge in [-0.2, -0.15) is 0 Å². The average Bonchev–Trinajstić information content (AvgIpc) is 3.13. The third kappa shape index (κ3) is 5.15. The molecule has 1 aromatic carbocycles. The van der Waals surface area contributed by atoms with Crippen molar-refractivity contribution in [3.05, 3.63) is 35.4 Å². The molecule has 3 aliphatic rings. The number of carbonyl (C=O) groups is 1. The Morgan fingerprint density at radius 3 is 2.33 bits per heavy atom. The summed E-state index contributed by atoms with van der Waals surface area (Å²) in [4.78, 5) is 15.8. The van der Waals surface area contributed by atoms with E-state index in [1.807, 2.05) is 0 Å². The first-order valence-corrected chi connectivity index (χ1v) is 11.0. The van der Waals surface area contributed by atoms with E-state index in [9.17, 15) is 4.79 Å². The predicted octanol–water partition coefficient (Wildman–Crippen LogP) is 4.50. The second-order valence-electron chi connectivity index (χ2n) is 10.8. The maximum Gasteiger partial charge on any atom is 0.223 e. The molecule has 0 bridgehead atoms. The van der Waals surface area contributed by atoms with E-state index in [0.717, 1.165) is 32.5 Å². The van der Waals surface area contributed by atoms with Crippen LogP contribution in [0.1, 0.15) is 64.1 Å². The second kappa shape index (κ2) is 9.36. The summed E-state index contributed by atoms with van der Waals surface area (Å²) in [6, 6.07) is 8.88. The van der Waals surface area contributed by atoms with Crippen LogP contribution in [0.15, 0.2) is 24.3 Å². The van der Waals surface area contributed by atoms with E-state index in [0.29, 0.717) is 30.1 Å². The molecule has 3 fully saturated rings. The van der Waals surface area contributed by atoms with Crippen LogP contribution >= 0.6 is 24.8 Å². The SMILES string of the molecule is Cc1ccccc1[C@H]1[C@H]2CNC[C@H]2CN1C(=O)CC1CC(C)(C)NC(C)(C)C1.Cl.Cl. The number of piperidine rings is 1. The van der Waals surface area contributed by atoms with Crippen LogP contribution in [0.3, 0.4) is 0 Å². The fourth-order valence-corrected chi connectivity index (χ4v) is 6.54. The highest BCUT2D eigenvalue weighted by Crippen LogP contribution is 2.44. The minimum absolute atomic E-state index is 0. The van der Waals surface area contributed by atoms with Crippen molar-refractivity contribution >= 4 is 30.7 Å². The Balaban J connectivity index is 0.00000160. The fourth-order valence-electron chi connectivity index (χ4n) is 6.54. The highest BCUT2D eigenvalue weighted by atomic mass is 35.5. The Morgan fingerprint density at radius 1 is 1.07 bits per heavy atom. The van der Waals surface area contributed by atoms with Crippen LogP contribution in [-0.4, -0.2) is 41.5 Å². The van der Waals surface area contributed by atoms with E-state index in [-0.39, 0.29) is 41.9 Å². The van der Waals surface area contributed by atoms with Gasteiger partial charge in [-0.1, -0.05) is 24.3 Å². The van der Waals surface area contributed by atoms with E-state index >= 15 is 0 Å². The molecule has 1 amide bonds. The molecule has 0 radical (unpaired) electrons. The van der Waals surface area contributed by atoms with Gasteiger partial charge in [0.25, 0.3) is 0 Å². The van der Waals surface area contributed by atoms with Crippen molar-refractivity contribution in [2.24, 2.45) is 17.8 Å². The summed E-state index contributed by atoms with van der Waals surface area (Å²) in [7, 11) is 0. The zero-order chi connectivity index (χ0) is 20.1. The van der Waals surface area contributed by atoms with Crippen LogP contribution in [0.4, 0.5) is 0 Å². The number of benzene rings is 1. The number of aryl methyl sites for hydroxylation is 1. The molecule has 3 aliphatic heterocycles. The lowest BCUT2D eigenvalue weighted by molar-refractivity contribution is -0.134. The Kier molecular flexibility index (Phi) is 7.94. The van der Waals surface area contributed by atoms with E-state index in [2.05, 4.69) is 74.4 Å². The molecule has 170 valence electrons. The molecular formula is C24H39Cl2N3O. The van der Waals surface area contributed by atoms with E-state index in [1.165, 1.54) is 11.1 Å². The first kappa shape index (κ1) is 25.5. The highest BCUT2D eigenvalue weighted by Gasteiger charge is 2.48. The number of fused-ring (bicyclic) bond motifs is 1. The van der Waals surface area contributed by atoms with Crippen LogP contribution < -0.4 is 10.6 Å². The van der Waals surface area contributed by atoms with E-state index in [4.69, 9.17) is 0 Å². The number of amides is 1. The summed E-state index contributed by atoms with van der Waals surface area (Å²) in [6.45, 7) is 14.3. The lowest BCUT2D eigenvalue weighted by Gasteiger charge is -2.46. The molecule has 6 heteroatoms. The topological polar surface area (TPSA) is 44.4 Å². The van der Waals surface area contributed by atoms with Crippen LogP contribution in [0.5, 0.6) is 0 Å². The lowest BCUT2D eigenvalue weighted by atomic mass is 9.74. The van der Waals surface area contributed by atoms with Crippen LogP contribution in [0, 0.1) is 24.7 Å². The number of nitrogens with one attached hydrogen (secondary N) is 2. The molecule has 3 heterocycles. The van der Waals surface area contributed by atoms with Crippen LogP contribution in [0.2, 0.25) is 0 Å². The maximum absolute atomic E-state index is 13.5. The molecule has 1 aromatic rings. The van der Waals surface area contributed by atoms with Gasteiger partial charge in [0.1, 0.15) is 0 Å². The molecule has 3 saturated heterocycles. The molecule has 0 spiro atoms. The summed E-state index contributed by atoms with van der Waals surface area (Å²) in [5.41, 5.74) is 2.83. The number of carbonyl (C=O) groups excluding carboxylic acids is 1. The largest absolute Gasteiger partial charge is 0.335 e. The smallest absolute Gasteiger partial charge is 0.223 e. The third-order valence-electron chi connectivity index (χ3n) is 7.13. The van der Waals surface area contributed by atoms with Crippen molar-refractivity contribution in [1.82, 2.24) is 15.5 Å². The molecule has 4 rings (SSSR count). The number of hydrogen-bond acceptors (Lipinski definition) is 3. The summed E-state index contributed by atoms with van der Waals surface area (Å²) in [5, 5.41) is 7.31. The monoisotopic (exact) mass is 455 g/mol. The summed E-state index contributed by atoms with van der Waals surface area (Å²) < 4.78 is 0. The molecule has 0 aliphatic carbocycles. The van der Waals surface area contributed by atoms with Crippen molar-refractivity contribution < 1.29 is 4.79 Å². The number of halogens is 2. The van der Waals surface area contributed by atoms with Crippen molar-refractivity contribution in [2.75, 3.05) is 19.6 Å². The first-order chi connectivity index (χ1) is 13.2. The molecular weight excluding hydrogens is 417 g/mol. The predicted molar refractivity (Wildman–Crippen MR) is 129 cm³/mol. The Labute approximate surface area is 194 Å². The van der Waals surface area contributed by atoms with Gasteiger partial charge in [-0.15, -0.1) is 24.8 Å². The van der Waals surface area contributed by atoms with Crippen molar-refractivity contribution in [3.63, 3.8) is 0 Å². The average molecular weight is 457 g/mol.